The maximum atomic E-state index is 12.3. The number of alkyl halides is 3. The summed E-state index contributed by atoms with van der Waals surface area (Å²) in [5.41, 5.74) is 6.50. The van der Waals surface area contributed by atoms with Gasteiger partial charge in [-0.15, -0.1) is 0 Å². The molecule has 0 spiro atoms. The summed E-state index contributed by atoms with van der Waals surface area (Å²) in [5, 5.41) is 0. The van der Waals surface area contributed by atoms with Crippen molar-refractivity contribution in [1.82, 2.24) is 4.90 Å². The van der Waals surface area contributed by atoms with E-state index in [1.807, 2.05) is 0 Å². The molecule has 0 aliphatic rings. The molecule has 0 heterocycles. The fraction of sp³-hybridized carbons (Fsp3) is 0.364. The lowest BCUT2D eigenvalue weighted by Gasteiger charge is -2.22. The third-order valence-corrected chi connectivity index (χ3v) is 2.33. The number of benzene rings is 1. The number of hydrogen-bond donors (Lipinski definition) is 1. The predicted molar refractivity (Wildman–Crippen MR) is 58.0 cm³/mol. The lowest BCUT2D eigenvalue weighted by Crippen LogP contribution is -2.40. The first kappa shape index (κ1) is 13.3. The number of nitrogens with zero attached hydrogens (tertiary/aromatic N) is 1. The van der Waals surface area contributed by atoms with Crippen molar-refractivity contribution in [2.24, 2.45) is 0 Å². The maximum absolute atomic E-state index is 12.3. The van der Waals surface area contributed by atoms with Crippen molar-refractivity contribution in [3.8, 4) is 0 Å². The molecule has 0 aromatic heterocycles. The van der Waals surface area contributed by atoms with Crippen molar-refractivity contribution >= 4 is 11.6 Å². The smallest absolute Gasteiger partial charge is 0.398 e. The summed E-state index contributed by atoms with van der Waals surface area (Å²) in [5.74, 6) is -1.84. The first-order chi connectivity index (χ1) is 7.86. The largest absolute Gasteiger partial charge is 0.471 e. The van der Waals surface area contributed by atoms with Crippen molar-refractivity contribution in [2.75, 3.05) is 12.3 Å². The standard InChI is InChI=1S/C11H13F3N2O/c1-2-16(10(17)11(12,13)14)7-8-5-3-4-6-9(8)15/h3-6H,2,7,15H2,1H3. The van der Waals surface area contributed by atoms with E-state index < -0.39 is 12.1 Å². The molecule has 3 nitrogen and oxygen atoms in total. The van der Waals surface area contributed by atoms with Gasteiger partial charge in [-0.1, -0.05) is 18.2 Å². The molecule has 0 radical (unpaired) electrons. The molecule has 94 valence electrons. The van der Waals surface area contributed by atoms with Crippen molar-refractivity contribution < 1.29 is 18.0 Å². The van der Waals surface area contributed by atoms with Crippen LogP contribution in [-0.2, 0) is 11.3 Å². The Hall–Kier alpha value is -1.72. The Labute approximate surface area is 97.0 Å². The molecular weight excluding hydrogens is 233 g/mol. The van der Waals surface area contributed by atoms with Crippen LogP contribution < -0.4 is 5.73 Å². The van der Waals surface area contributed by atoms with Gasteiger partial charge < -0.3 is 10.6 Å². The molecule has 0 saturated heterocycles. The Kier molecular flexibility index (Phi) is 3.98. The van der Waals surface area contributed by atoms with Crippen LogP contribution in [0.4, 0.5) is 18.9 Å². The number of carbonyl (C=O) groups excluding carboxylic acids is 1. The summed E-state index contributed by atoms with van der Waals surface area (Å²) in [4.78, 5) is 11.8. The second kappa shape index (κ2) is 5.07. The zero-order valence-corrected chi connectivity index (χ0v) is 9.29. The third kappa shape index (κ3) is 3.37. The minimum absolute atomic E-state index is 0.0212. The molecular formula is C11H13F3N2O. The Morgan fingerprint density at radius 1 is 1.35 bits per heavy atom. The first-order valence-electron chi connectivity index (χ1n) is 5.05. The highest BCUT2D eigenvalue weighted by Gasteiger charge is 2.41. The number of hydrogen-bond acceptors (Lipinski definition) is 2. The topological polar surface area (TPSA) is 46.3 Å². The van der Waals surface area contributed by atoms with Gasteiger partial charge >= 0.3 is 12.1 Å². The molecule has 2 N–H and O–H groups in total. The highest BCUT2D eigenvalue weighted by Crippen LogP contribution is 2.21. The van der Waals surface area contributed by atoms with Crippen LogP contribution in [0.1, 0.15) is 12.5 Å². The Balaban J connectivity index is 2.85. The van der Waals surface area contributed by atoms with E-state index in [2.05, 4.69) is 0 Å². The summed E-state index contributed by atoms with van der Waals surface area (Å²) in [6, 6.07) is 6.53. The summed E-state index contributed by atoms with van der Waals surface area (Å²) in [7, 11) is 0. The molecule has 0 atom stereocenters. The molecule has 1 aromatic carbocycles. The van der Waals surface area contributed by atoms with Gasteiger partial charge in [0, 0.05) is 18.8 Å². The second-order valence-electron chi connectivity index (χ2n) is 3.52. The van der Waals surface area contributed by atoms with Crippen LogP contribution in [0, 0.1) is 0 Å². The van der Waals surface area contributed by atoms with Crippen LogP contribution in [0.2, 0.25) is 0 Å². The molecule has 0 bridgehead atoms. The van der Waals surface area contributed by atoms with Gasteiger partial charge in [0.25, 0.3) is 0 Å². The van der Waals surface area contributed by atoms with Gasteiger partial charge in [0.05, 0.1) is 0 Å². The number of para-hydroxylation sites is 1. The van der Waals surface area contributed by atoms with Crippen molar-refractivity contribution in [2.45, 2.75) is 19.6 Å². The highest BCUT2D eigenvalue weighted by molar-refractivity contribution is 5.82. The predicted octanol–water partition coefficient (Wildman–Crippen LogP) is 2.18. The fourth-order valence-electron chi connectivity index (χ4n) is 1.39. The van der Waals surface area contributed by atoms with Gasteiger partial charge in [-0.05, 0) is 18.6 Å². The van der Waals surface area contributed by atoms with Crippen molar-refractivity contribution in [3.05, 3.63) is 29.8 Å². The van der Waals surface area contributed by atoms with Gasteiger partial charge in [0.1, 0.15) is 0 Å². The average molecular weight is 246 g/mol. The lowest BCUT2D eigenvalue weighted by molar-refractivity contribution is -0.185. The number of nitrogens with two attached hydrogens (primary N) is 1. The second-order valence-corrected chi connectivity index (χ2v) is 3.52. The van der Waals surface area contributed by atoms with E-state index in [0.717, 1.165) is 0 Å². The van der Waals surface area contributed by atoms with Gasteiger partial charge in [-0.3, -0.25) is 4.79 Å². The number of halogens is 3. The van der Waals surface area contributed by atoms with Gasteiger partial charge in [0.2, 0.25) is 0 Å². The minimum atomic E-state index is -4.85. The van der Waals surface area contributed by atoms with E-state index in [1.54, 1.807) is 24.3 Å². The molecule has 0 saturated carbocycles. The zero-order valence-electron chi connectivity index (χ0n) is 9.29. The van der Waals surface area contributed by atoms with Crippen LogP contribution in [0.15, 0.2) is 24.3 Å². The lowest BCUT2D eigenvalue weighted by atomic mass is 10.1. The highest BCUT2D eigenvalue weighted by atomic mass is 19.4. The van der Waals surface area contributed by atoms with Crippen LogP contribution in [0.5, 0.6) is 0 Å². The molecule has 0 fully saturated rings. The van der Waals surface area contributed by atoms with E-state index >= 15 is 0 Å². The Morgan fingerprint density at radius 3 is 2.41 bits per heavy atom. The normalized spacial score (nSPS) is 11.3. The third-order valence-electron chi connectivity index (χ3n) is 2.33. The Bertz CT molecular complexity index is 404. The van der Waals surface area contributed by atoms with E-state index in [-0.39, 0.29) is 13.1 Å². The maximum Gasteiger partial charge on any atom is 0.471 e. The first-order valence-corrected chi connectivity index (χ1v) is 5.05. The molecule has 1 amide bonds. The van der Waals surface area contributed by atoms with E-state index in [1.165, 1.54) is 6.92 Å². The van der Waals surface area contributed by atoms with Crippen LogP contribution in [0.3, 0.4) is 0 Å². The van der Waals surface area contributed by atoms with E-state index in [4.69, 9.17) is 5.73 Å². The van der Waals surface area contributed by atoms with Crippen molar-refractivity contribution in [1.29, 1.82) is 0 Å². The van der Waals surface area contributed by atoms with E-state index in [0.29, 0.717) is 16.2 Å². The van der Waals surface area contributed by atoms with Gasteiger partial charge in [-0.2, -0.15) is 13.2 Å². The SMILES string of the molecule is CCN(Cc1ccccc1N)C(=O)C(F)(F)F. The molecule has 1 rings (SSSR count). The van der Waals surface area contributed by atoms with Crippen molar-refractivity contribution in [3.63, 3.8) is 0 Å². The number of anilines is 1. The monoisotopic (exact) mass is 246 g/mol. The summed E-state index contributed by atoms with van der Waals surface area (Å²) >= 11 is 0. The van der Waals surface area contributed by atoms with Crippen LogP contribution in [-0.4, -0.2) is 23.5 Å². The molecule has 0 aliphatic carbocycles. The Morgan fingerprint density at radius 2 is 1.94 bits per heavy atom. The molecule has 0 unspecified atom stereocenters. The molecule has 17 heavy (non-hydrogen) atoms. The number of rotatable bonds is 3. The summed E-state index contributed by atoms with van der Waals surface area (Å²) in [6.07, 6.45) is -4.85. The molecule has 1 aromatic rings. The summed E-state index contributed by atoms with van der Waals surface area (Å²) in [6.45, 7) is 1.33. The molecule has 0 aliphatic heterocycles. The fourth-order valence-corrected chi connectivity index (χ4v) is 1.39. The van der Waals surface area contributed by atoms with Gasteiger partial charge in [0.15, 0.2) is 0 Å². The van der Waals surface area contributed by atoms with E-state index in [9.17, 15) is 18.0 Å². The number of amides is 1. The minimum Gasteiger partial charge on any atom is -0.398 e. The van der Waals surface area contributed by atoms with Crippen LogP contribution >= 0.6 is 0 Å². The summed E-state index contributed by atoms with van der Waals surface area (Å²) < 4.78 is 36.8. The number of nitrogen functional groups attached to an aromatic ring is 1. The quantitative estimate of drug-likeness (QED) is 0.831. The molecule has 6 heteroatoms. The number of carbonyl (C=O) groups is 1. The zero-order chi connectivity index (χ0) is 13.1. The van der Waals surface area contributed by atoms with Crippen LogP contribution in [0.25, 0.3) is 0 Å². The van der Waals surface area contributed by atoms with Gasteiger partial charge in [-0.25, -0.2) is 0 Å². The average Bonchev–Trinajstić information content (AvgIpc) is 2.26.